The fraction of sp³-hybridized carbons (Fsp3) is 0.0400. The Morgan fingerprint density at radius 3 is 2.37 bits per heavy atom. The molecular weight excluding hydrogens is 328 g/mol. The van der Waals surface area contributed by atoms with E-state index in [2.05, 4.69) is 83.2 Å². The lowest BCUT2D eigenvalue weighted by Gasteiger charge is -2.10. The smallest absolute Gasteiger partial charge is 0.0542 e. The lowest BCUT2D eigenvalue weighted by Crippen LogP contribution is -1.94. The summed E-state index contributed by atoms with van der Waals surface area (Å²) in [5, 5.41) is 5.96. The van der Waals surface area contributed by atoms with Crippen LogP contribution in [0.25, 0.3) is 27.5 Å². The number of benzene rings is 3. The molecule has 1 N–H and O–H groups in total. The van der Waals surface area contributed by atoms with Crippen LogP contribution in [-0.2, 0) is 0 Å². The van der Waals surface area contributed by atoms with Gasteiger partial charge in [-0.3, -0.25) is 0 Å². The summed E-state index contributed by atoms with van der Waals surface area (Å²) in [7, 11) is 0. The molecule has 0 spiro atoms. The maximum absolute atomic E-state index is 3.88. The van der Waals surface area contributed by atoms with Gasteiger partial charge in [-0.15, -0.1) is 0 Å². The molecular formula is C25H22N2. The molecule has 0 fully saturated rings. The molecule has 0 saturated heterocycles. The fourth-order valence-corrected chi connectivity index (χ4v) is 3.51. The van der Waals surface area contributed by atoms with Crippen molar-refractivity contribution in [2.24, 2.45) is 0 Å². The quantitative estimate of drug-likeness (QED) is 0.378. The number of aromatic nitrogens is 1. The number of allylic oxidation sites excluding steroid dienone is 5. The summed E-state index contributed by atoms with van der Waals surface area (Å²) < 4.78 is 2.29. The summed E-state index contributed by atoms with van der Waals surface area (Å²) in [4.78, 5) is 0. The third kappa shape index (κ3) is 3.18. The van der Waals surface area contributed by atoms with Gasteiger partial charge >= 0.3 is 0 Å². The van der Waals surface area contributed by atoms with E-state index in [1.54, 1.807) is 0 Å². The van der Waals surface area contributed by atoms with Crippen LogP contribution in [0, 0.1) is 0 Å². The SMILES string of the molecule is C=C/C=C(\C=C/C)n1c2ccccc2c2cc(Nc3ccccc3)ccc21. The van der Waals surface area contributed by atoms with Crippen LogP contribution >= 0.6 is 0 Å². The van der Waals surface area contributed by atoms with Gasteiger partial charge in [0.25, 0.3) is 0 Å². The van der Waals surface area contributed by atoms with Crippen LogP contribution in [0.5, 0.6) is 0 Å². The highest BCUT2D eigenvalue weighted by Gasteiger charge is 2.12. The van der Waals surface area contributed by atoms with E-state index in [0.29, 0.717) is 0 Å². The van der Waals surface area contributed by atoms with Gasteiger partial charge in [-0.1, -0.05) is 55.1 Å². The van der Waals surface area contributed by atoms with Gasteiger partial charge in [0.05, 0.1) is 11.0 Å². The molecule has 3 aromatic carbocycles. The first kappa shape index (κ1) is 16.9. The van der Waals surface area contributed by atoms with Crippen LogP contribution in [0.1, 0.15) is 6.92 Å². The molecule has 0 unspecified atom stereocenters. The average Bonchev–Trinajstić information content (AvgIpc) is 3.02. The summed E-state index contributed by atoms with van der Waals surface area (Å²) >= 11 is 0. The van der Waals surface area contributed by atoms with Crippen molar-refractivity contribution < 1.29 is 0 Å². The first-order valence-electron chi connectivity index (χ1n) is 9.13. The predicted octanol–water partition coefficient (Wildman–Crippen LogP) is 7.14. The molecule has 0 radical (unpaired) electrons. The number of nitrogens with zero attached hydrogens (tertiary/aromatic N) is 1. The monoisotopic (exact) mass is 350 g/mol. The molecule has 0 aliphatic carbocycles. The van der Waals surface area contributed by atoms with Crippen molar-refractivity contribution >= 4 is 38.9 Å². The van der Waals surface area contributed by atoms with Gasteiger partial charge in [0.2, 0.25) is 0 Å². The highest BCUT2D eigenvalue weighted by Crippen LogP contribution is 2.34. The minimum Gasteiger partial charge on any atom is -0.356 e. The van der Waals surface area contributed by atoms with Crippen molar-refractivity contribution in [2.45, 2.75) is 6.92 Å². The van der Waals surface area contributed by atoms with Crippen molar-refractivity contribution in [3.63, 3.8) is 0 Å². The molecule has 4 aromatic rings. The number of rotatable bonds is 5. The molecule has 0 bridgehead atoms. The summed E-state index contributed by atoms with van der Waals surface area (Å²) in [6, 6.07) is 25.3. The van der Waals surface area contributed by atoms with E-state index in [9.17, 15) is 0 Å². The van der Waals surface area contributed by atoms with Crippen molar-refractivity contribution in [1.29, 1.82) is 0 Å². The van der Waals surface area contributed by atoms with Gasteiger partial charge in [-0.05, 0) is 55.5 Å². The Labute approximate surface area is 159 Å². The van der Waals surface area contributed by atoms with Crippen molar-refractivity contribution in [3.05, 3.63) is 104 Å². The second-order valence-corrected chi connectivity index (χ2v) is 6.40. The first-order chi connectivity index (χ1) is 13.3. The molecule has 2 nitrogen and oxygen atoms in total. The molecule has 132 valence electrons. The minimum absolute atomic E-state index is 1.08. The summed E-state index contributed by atoms with van der Waals surface area (Å²) in [5.41, 5.74) is 5.64. The zero-order chi connectivity index (χ0) is 18.6. The molecule has 0 atom stereocenters. The Morgan fingerprint density at radius 1 is 0.852 bits per heavy atom. The van der Waals surface area contributed by atoms with Crippen LogP contribution in [0.3, 0.4) is 0 Å². The van der Waals surface area contributed by atoms with Crippen LogP contribution in [-0.4, -0.2) is 4.57 Å². The Kier molecular flexibility index (Phi) is 4.63. The first-order valence-corrected chi connectivity index (χ1v) is 9.13. The maximum Gasteiger partial charge on any atom is 0.0542 e. The lowest BCUT2D eigenvalue weighted by atomic mass is 10.1. The number of para-hydroxylation sites is 2. The van der Waals surface area contributed by atoms with E-state index in [-0.39, 0.29) is 0 Å². The summed E-state index contributed by atoms with van der Waals surface area (Å²) in [5.74, 6) is 0. The van der Waals surface area contributed by atoms with Gasteiger partial charge in [0.15, 0.2) is 0 Å². The van der Waals surface area contributed by atoms with E-state index >= 15 is 0 Å². The molecule has 27 heavy (non-hydrogen) atoms. The van der Waals surface area contributed by atoms with Gasteiger partial charge in [-0.25, -0.2) is 0 Å². The Balaban J connectivity index is 1.93. The number of fused-ring (bicyclic) bond motifs is 3. The van der Waals surface area contributed by atoms with Crippen LogP contribution < -0.4 is 5.32 Å². The zero-order valence-electron chi connectivity index (χ0n) is 15.4. The lowest BCUT2D eigenvalue weighted by molar-refractivity contribution is 1.24. The summed E-state index contributed by atoms with van der Waals surface area (Å²) in [6.45, 7) is 5.91. The normalized spacial score (nSPS) is 12.1. The number of hydrogen-bond donors (Lipinski definition) is 1. The van der Waals surface area contributed by atoms with E-state index in [0.717, 1.165) is 17.1 Å². The third-order valence-corrected chi connectivity index (χ3v) is 4.62. The van der Waals surface area contributed by atoms with Gasteiger partial charge in [0.1, 0.15) is 0 Å². The molecule has 2 heteroatoms. The molecule has 0 aliphatic heterocycles. The standard InChI is InChI=1S/C25H22N2/c1-3-10-21(11-4-2)27-24-15-9-8-14-22(24)23-18-20(16-17-25(23)27)26-19-12-6-5-7-13-19/h3-18,26H,1H2,2H3/b11-4-,21-10+. The highest BCUT2D eigenvalue weighted by atomic mass is 15.0. The van der Waals surface area contributed by atoms with E-state index in [4.69, 9.17) is 0 Å². The Morgan fingerprint density at radius 2 is 1.59 bits per heavy atom. The van der Waals surface area contributed by atoms with Crippen LogP contribution in [0.2, 0.25) is 0 Å². The Bertz CT molecular complexity index is 1160. The zero-order valence-corrected chi connectivity index (χ0v) is 15.4. The number of nitrogens with one attached hydrogen (secondary N) is 1. The molecule has 0 amide bonds. The predicted molar refractivity (Wildman–Crippen MR) is 118 cm³/mol. The van der Waals surface area contributed by atoms with Crippen LogP contribution in [0.15, 0.2) is 104 Å². The summed E-state index contributed by atoms with van der Waals surface area (Å²) in [6.07, 6.45) is 8.05. The largest absolute Gasteiger partial charge is 0.356 e. The topological polar surface area (TPSA) is 17.0 Å². The molecule has 1 heterocycles. The second kappa shape index (κ2) is 7.38. The molecule has 0 aliphatic rings. The number of anilines is 2. The van der Waals surface area contributed by atoms with Crippen molar-refractivity contribution in [2.75, 3.05) is 5.32 Å². The average molecular weight is 350 g/mol. The van der Waals surface area contributed by atoms with E-state index in [1.807, 2.05) is 37.3 Å². The molecule has 1 aromatic heterocycles. The van der Waals surface area contributed by atoms with Crippen LogP contribution in [0.4, 0.5) is 11.4 Å². The van der Waals surface area contributed by atoms with Crippen molar-refractivity contribution in [3.8, 4) is 0 Å². The highest BCUT2D eigenvalue weighted by molar-refractivity contribution is 6.11. The van der Waals surface area contributed by atoms with Gasteiger partial charge in [0, 0.05) is 27.8 Å². The van der Waals surface area contributed by atoms with E-state index < -0.39 is 0 Å². The third-order valence-electron chi connectivity index (χ3n) is 4.62. The number of hydrogen-bond acceptors (Lipinski definition) is 1. The van der Waals surface area contributed by atoms with Gasteiger partial charge < -0.3 is 9.88 Å². The Hall–Kier alpha value is -3.52. The fourth-order valence-electron chi connectivity index (χ4n) is 3.51. The van der Waals surface area contributed by atoms with E-state index in [1.165, 1.54) is 21.8 Å². The maximum atomic E-state index is 3.88. The second-order valence-electron chi connectivity index (χ2n) is 6.40. The minimum atomic E-state index is 1.08. The van der Waals surface area contributed by atoms with Crippen molar-refractivity contribution in [1.82, 2.24) is 4.57 Å². The molecule has 0 saturated carbocycles. The molecule has 4 rings (SSSR count). The van der Waals surface area contributed by atoms with Gasteiger partial charge in [-0.2, -0.15) is 0 Å².